The van der Waals surface area contributed by atoms with Crippen LogP contribution in [-0.2, 0) is 16.1 Å². The van der Waals surface area contributed by atoms with Gasteiger partial charge in [-0.15, -0.1) is 0 Å². The maximum atomic E-state index is 12.7. The van der Waals surface area contributed by atoms with E-state index >= 15 is 0 Å². The molecule has 20 heavy (non-hydrogen) atoms. The SMILES string of the molecule is O=C(NCc1ccc(F)cc1)C1CC1C(=O)NC1CC1. The fourth-order valence-corrected chi connectivity index (χ4v) is 2.23. The van der Waals surface area contributed by atoms with Gasteiger partial charge in [0.25, 0.3) is 0 Å². The van der Waals surface area contributed by atoms with Crippen molar-refractivity contribution in [3.63, 3.8) is 0 Å². The van der Waals surface area contributed by atoms with Crippen molar-refractivity contribution in [1.82, 2.24) is 10.6 Å². The summed E-state index contributed by atoms with van der Waals surface area (Å²) in [6, 6.07) is 6.35. The standard InChI is InChI=1S/C15H17FN2O2/c16-10-3-1-9(2-4-10)8-17-14(19)12-7-13(12)15(20)18-11-5-6-11/h1-4,11-13H,5-8H2,(H,17,19)(H,18,20). The summed E-state index contributed by atoms with van der Waals surface area (Å²) in [6.45, 7) is 0.368. The lowest BCUT2D eigenvalue weighted by Gasteiger charge is -2.05. The first-order chi connectivity index (χ1) is 9.63. The summed E-state index contributed by atoms with van der Waals surface area (Å²) in [5, 5.41) is 5.71. The van der Waals surface area contributed by atoms with Crippen molar-refractivity contribution in [2.75, 3.05) is 0 Å². The van der Waals surface area contributed by atoms with Gasteiger partial charge in [0.15, 0.2) is 0 Å². The Hall–Kier alpha value is -1.91. The van der Waals surface area contributed by atoms with Gasteiger partial charge in [-0.1, -0.05) is 12.1 Å². The number of rotatable bonds is 5. The second kappa shape index (κ2) is 5.23. The van der Waals surface area contributed by atoms with E-state index in [4.69, 9.17) is 0 Å². The average Bonchev–Trinajstić information content (AvgIpc) is 3.31. The van der Waals surface area contributed by atoms with Crippen LogP contribution in [-0.4, -0.2) is 17.9 Å². The molecule has 0 spiro atoms. The van der Waals surface area contributed by atoms with E-state index < -0.39 is 0 Å². The molecule has 2 aliphatic carbocycles. The summed E-state index contributed by atoms with van der Waals surface area (Å²) in [7, 11) is 0. The van der Waals surface area contributed by atoms with Gasteiger partial charge in [0.2, 0.25) is 11.8 Å². The van der Waals surface area contributed by atoms with Gasteiger partial charge in [0.1, 0.15) is 5.82 Å². The highest BCUT2D eigenvalue weighted by Crippen LogP contribution is 2.39. The maximum Gasteiger partial charge on any atom is 0.224 e. The number of hydrogen-bond acceptors (Lipinski definition) is 2. The third-order valence-corrected chi connectivity index (χ3v) is 3.77. The molecule has 0 saturated heterocycles. The predicted octanol–water partition coefficient (Wildman–Crippen LogP) is 1.36. The third-order valence-electron chi connectivity index (χ3n) is 3.77. The average molecular weight is 276 g/mol. The lowest BCUT2D eigenvalue weighted by atomic mass is 10.2. The highest BCUT2D eigenvalue weighted by Gasteiger charge is 2.48. The molecule has 2 saturated carbocycles. The molecule has 2 atom stereocenters. The van der Waals surface area contributed by atoms with E-state index in [1.807, 2.05) is 0 Å². The second-order valence-electron chi connectivity index (χ2n) is 5.58. The molecule has 1 aromatic carbocycles. The van der Waals surface area contributed by atoms with E-state index in [0.717, 1.165) is 18.4 Å². The van der Waals surface area contributed by atoms with Gasteiger partial charge in [-0.2, -0.15) is 0 Å². The van der Waals surface area contributed by atoms with Crippen molar-refractivity contribution < 1.29 is 14.0 Å². The molecule has 1 aromatic rings. The van der Waals surface area contributed by atoms with Crippen LogP contribution in [0.4, 0.5) is 4.39 Å². The number of hydrogen-bond donors (Lipinski definition) is 2. The van der Waals surface area contributed by atoms with E-state index in [9.17, 15) is 14.0 Å². The molecule has 2 N–H and O–H groups in total. The Labute approximate surface area is 116 Å². The predicted molar refractivity (Wildman–Crippen MR) is 71.0 cm³/mol. The fraction of sp³-hybridized carbons (Fsp3) is 0.467. The van der Waals surface area contributed by atoms with Crippen LogP contribution >= 0.6 is 0 Å². The van der Waals surface area contributed by atoms with Crippen LogP contribution in [0.25, 0.3) is 0 Å². The van der Waals surface area contributed by atoms with Gasteiger partial charge in [-0.05, 0) is 37.0 Å². The Morgan fingerprint density at radius 1 is 1.10 bits per heavy atom. The molecule has 4 nitrogen and oxygen atoms in total. The zero-order valence-corrected chi connectivity index (χ0v) is 11.1. The van der Waals surface area contributed by atoms with E-state index in [1.54, 1.807) is 12.1 Å². The summed E-state index contributed by atoms with van der Waals surface area (Å²) in [4.78, 5) is 23.6. The van der Waals surface area contributed by atoms with Crippen LogP contribution in [0.2, 0.25) is 0 Å². The molecule has 3 rings (SSSR count). The van der Waals surface area contributed by atoms with Crippen LogP contribution in [0.1, 0.15) is 24.8 Å². The number of amides is 2. The van der Waals surface area contributed by atoms with Gasteiger partial charge in [-0.25, -0.2) is 4.39 Å². The minimum absolute atomic E-state index is 0.00873. The highest BCUT2D eigenvalue weighted by atomic mass is 19.1. The van der Waals surface area contributed by atoms with Crippen LogP contribution in [0.15, 0.2) is 24.3 Å². The maximum absolute atomic E-state index is 12.7. The molecular weight excluding hydrogens is 259 g/mol. The molecule has 2 unspecified atom stereocenters. The van der Waals surface area contributed by atoms with Crippen molar-refractivity contribution in [1.29, 1.82) is 0 Å². The normalized spacial score (nSPS) is 24.1. The van der Waals surface area contributed by atoms with Gasteiger partial charge in [-0.3, -0.25) is 9.59 Å². The molecule has 0 aromatic heterocycles. The van der Waals surface area contributed by atoms with Gasteiger partial charge in [0, 0.05) is 12.6 Å². The summed E-state index contributed by atoms with van der Waals surface area (Å²) in [5.74, 6) is -0.739. The van der Waals surface area contributed by atoms with Crippen molar-refractivity contribution in [2.24, 2.45) is 11.8 Å². The van der Waals surface area contributed by atoms with Crippen molar-refractivity contribution in [2.45, 2.75) is 31.8 Å². The molecule has 2 aliphatic rings. The Bertz CT molecular complexity index is 525. The minimum atomic E-state index is -0.293. The Kier molecular flexibility index (Phi) is 3.42. The molecule has 0 radical (unpaired) electrons. The number of benzene rings is 1. The van der Waals surface area contributed by atoms with Crippen LogP contribution in [0.3, 0.4) is 0 Å². The second-order valence-corrected chi connectivity index (χ2v) is 5.58. The van der Waals surface area contributed by atoms with Gasteiger partial charge in [0.05, 0.1) is 11.8 Å². The van der Waals surface area contributed by atoms with Crippen LogP contribution < -0.4 is 10.6 Å². The summed E-state index contributed by atoms with van der Waals surface area (Å²) < 4.78 is 12.7. The minimum Gasteiger partial charge on any atom is -0.353 e. The van der Waals surface area contributed by atoms with Crippen molar-refractivity contribution >= 4 is 11.8 Å². The van der Waals surface area contributed by atoms with E-state index in [2.05, 4.69) is 10.6 Å². The molecule has 106 valence electrons. The molecular formula is C15H17FN2O2. The van der Waals surface area contributed by atoms with E-state index in [1.165, 1.54) is 12.1 Å². The highest BCUT2D eigenvalue weighted by molar-refractivity contribution is 5.92. The zero-order valence-electron chi connectivity index (χ0n) is 11.1. The molecule has 5 heteroatoms. The first-order valence-electron chi connectivity index (χ1n) is 6.96. The lowest BCUT2D eigenvalue weighted by molar-refractivity contribution is -0.127. The number of halogens is 1. The Morgan fingerprint density at radius 3 is 2.40 bits per heavy atom. The van der Waals surface area contributed by atoms with Crippen molar-refractivity contribution in [3.05, 3.63) is 35.6 Å². The molecule has 0 bridgehead atoms. The topological polar surface area (TPSA) is 58.2 Å². The summed E-state index contributed by atoms with van der Waals surface area (Å²) in [5.41, 5.74) is 0.847. The van der Waals surface area contributed by atoms with E-state index in [0.29, 0.717) is 19.0 Å². The number of nitrogens with one attached hydrogen (secondary N) is 2. The lowest BCUT2D eigenvalue weighted by Crippen LogP contribution is -2.31. The Morgan fingerprint density at radius 2 is 1.75 bits per heavy atom. The van der Waals surface area contributed by atoms with Crippen LogP contribution in [0.5, 0.6) is 0 Å². The van der Waals surface area contributed by atoms with Crippen LogP contribution in [0, 0.1) is 17.7 Å². The largest absolute Gasteiger partial charge is 0.353 e. The Balaban J connectivity index is 1.43. The summed E-state index contributed by atoms with van der Waals surface area (Å²) in [6.07, 6.45) is 2.74. The zero-order chi connectivity index (χ0) is 14.1. The number of carbonyl (C=O) groups is 2. The molecule has 0 heterocycles. The molecule has 0 aliphatic heterocycles. The molecule has 2 fully saturated rings. The monoisotopic (exact) mass is 276 g/mol. The van der Waals surface area contributed by atoms with E-state index in [-0.39, 0.29) is 29.5 Å². The smallest absolute Gasteiger partial charge is 0.224 e. The molecule has 2 amide bonds. The quantitative estimate of drug-likeness (QED) is 0.853. The van der Waals surface area contributed by atoms with Gasteiger partial charge >= 0.3 is 0 Å². The fourth-order valence-electron chi connectivity index (χ4n) is 2.23. The van der Waals surface area contributed by atoms with Crippen molar-refractivity contribution in [3.8, 4) is 0 Å². The summed E-state index contributed by atoms with van der Waals surface area (Å²) >= 11 is 0. The first-order valence-corrected chi connectivity index (χ1v) is 6.96. The number of carbonyl (C=O) groups excluding carboxylic acids is 2. The first kappa shape index (κ1) is 13.1. The third kappa shape index (κ3) is 3.15. The van der Waals surface area contributed by atoms with Gasteiger partial charge < -0.3 is 10.6 Å².